The monoisotopic (exact) mass is 296 g/mol. The van der Waals surface area contributed by atoms with E-state index >= 15 is 0 Å². The van der Waals surface area contributed by atoms with Crippen LogP contribution in [0, 0.1) is 5.92 Å². The molecule has 4 nitrogen and oxygen atoms in total. The van der Waals surface area contributed by atoms with Gasteiger partial charge >= 0.3 is 0 Å². The molecular formula is C17H32N2O2. The maximum Gasteiger partial charge on any atom is 0.248 e. The molecule has 0 unspecified atom stereocenters. The van der Waals surface area contributed by atoms with Crippen molar-refractivity contribution in [2.45, 2.75) is 64.5 Å². The summed E-state index contributed by atoms with van der Waals surface area (Å²) in [7, 11) is 2.26. The average Bonchev–Trinajstić information content (AvgIpc) is 2.48. The first-order chi connectivity index (χ1) is 9.96. The summed E-state index contributed by atoms with van der Waals surface area (Å²) >= 11 is 0. The highest BCUT2D eigenvalue weighted by molar-refractivity contribution is 5.78. The van der Waals surface area contributed by atoms with E-state index in [2.05, 4.69) is 32.7 Å². The summed E-state index contributed by atoms with van der Waals surface area (Å²) in [6.45, 7) is 9.71. The number of morpholine rings is 1. The summed E-state index contributed by atoms with van der Waals surface area (Å²) in [5.41, 5.74) is -0.0562. The lowest BCUT2D eigenvalue weighted by atomic mass is 9.80. The molecule has 21 heavy (non-hydrogen) atoms. The van der Waals surface area contributed by atoms with Gasteiger partial charge in [0.25, 0.3) is 0 Å². The summed E-state index contributed by atoms with van der Waals surface area (Å²) < 4.78 is 5.97. The summed E-state index contributed by atoms with van der Waals surface area (Å²) in [4.78, 5) is 16.3. The third-order valence-electron chi connectivity index (χ3n) is 5.26. The number of carbonyl (C=O) groups is 1. The van der Waals surface area contributed by atoms with E-state index in [9.17, 15) is 4.79 Å². The number of nitrogens with zero attached hydrogens (tertiary/aromatic N) is 2. The molecule has 1 aliphatic carbocycles. The third kappa shape index (κ3) is 4.19. The lowest BCUT2D eigenvalue weighted by Gasteiger charge is -2.47. The number of hydrogen-bond donors (Lipinski definition) is 0. The molecule has 1 amide bonds. The van der Waals surface area contributed by atoms with Gasteiger partial charge in [0.1, 0.15) is 6.61 Å². The van der Waals surface area contributed by atoms with E-state index in [-0.39, 0.29) is 18.1 Å². The Balaban J connectivity index is 1.83. The zero-order chi connectivity index (χ0) is 15.5. The molecule has 4 heteroatoms. The first kappa shape index (κ1) is 16.8. The van der Waals surface area contributed by atoms with E-state index in [1.807, 2.05) is 4.90 Å². The molecule has 1 spiro atoms. The molecule has 0 radical (unpaired) electrons. The van der Waals surface area contributed by atoms with E-state index in [1.165, 1.54) is 25.8 Å². The van der Waals surface area contributed by atoms with Gasteiger partial charge in [-0.3, -0.25) is 4.79 Å². The molecule has 0 atom stereocenters. The van der Waals surface area contributed by atoms with Crippen LogP contribution in [0.15, 0.2) is 0 Å². The molecule has 0 aromatic rings. The number of ether oxygens (including phenoxy) is 1. The lowest BCUT2D eigenvalue weighted by molar-refractivity contribution is -0.170. The highest BCUT2D eigenvalue weighted by atomic mass is 16.5. The number of rotatable bonds is 5. The maximum atomic E-state index is 11.8. The van der Waals surface area contributed by atoms with Crippen LogP contribution < -0.4 is 0 Å². The normalized spacial score (nSPS) is 30.7. The highest BCUT2D eigenvalue weighted by Crippen LogP contribution is 2.36. The highest BCUT2D eigenvalue weighted by Gasteiger charge is 2.42. The van der Waals surface area contributed by atoms with Crippen molar-refractivity contribution < 1.29 is 9.53 Å². The summed E-state index contributed by atoms with van der Waals surface area (Å²) in [6, 6.07) is 0.686. The lowest BCUT2D eigenvalue weighted by Crippen LogP contribution is -2.57. The average molecular weight is 296 g/mol. The molecule has 0 N–H and O–H groups in total. The van der Waals surface area contributed by atoms with Crippen molar-refractivity contribution in [1.29, 1.82) is 0 Å². The van der Waals surface area contributed by atoms with Crippen molar-refractivity contribution >= 4 is 5.91 Å². The molecule has 2 rings (SSSR count). The van der Waals surface area contributed by atoms with Crippen molar-refractivity contribution in [3.05, 3.63) is 0 Å². The van der Waals surface area contributed by atoms with Crippen LogP contribution in [0.5, 0.6) is 0 Å². The Kier molecular flexibility index (Phi) is 5.67. The minimum atomic E-state index is -0.0562. The molecular weight excluding hydrogens is 264 g/mol. The summed E-state index contributed by atoms with van der Waals surface area (Å²) in [5, 5.41) is 0. The van der Waals surface area contributed by atoms with Gasteiger partial charge in [-0.2, -0.15) is 0 Å². The molecule has 1 saturated heterocycles. The Hall–Kier alpha value is -0.610. The SMILES string of the molecule is CCN1C[C@]2(CC[C@H](N(C)CCC(C)C)CC2)OCC1=O. The Morgan fingerprint density at radius 2 is 2.05 bits per heavy atom. The van der Waals surface area contributed by atoms with Crippen LogP contribution in [0.25, 0.3) is 0 Å². The molecule has 1 aliphatic heterocycles. The number of hydrogen-bond acceptors (Lipinski definition) is 3. The zero-order valence-corrected chi connectivity index (χ0v) is 14.2. The fraction of sp³-hybridized carbons (Fsp3) is 0.941. The molecule has 1 heterocycles. The second-order valence-electron chi connectivity index (χ2n) is 7.27. The van der Waals surface area contributed by atoms with Crippen LogP contribution in [0.4, 0.5) is 0 Å². The van der Waals surface area contributed by atoms with Gasteiger partial charge in [-0.05, 0) is 58.5 Å². The Bertz CT molecular complexity index is 349. The predicted molar refractivity (Wildman–Crippen MR) is 85.3 cm³/mol. The third-order valence-corrected chi connectivity index (χ3v) is 5.26. The van der Waals surface area contributed by atoms with Crippen molar-refractivity contribution in [1.82, 2.24) is 9.80 Å². The summed E-state index contributed by atoms with van der Waals surface area (Å²) in [5.74, 6) is 0.924. The van der Waals surface area contributed by atoms with Crippen molar-refractivity contribution in [3.63, 3.8) is 0 Å². The minimum Gasteiger partial charge on any atom is -0.363 e. The molecule has 0 aromatic heterocycles. The van der Waals surface area contributed by atoms with Gasteiger partial charge < -0.3 is 14.5 Å². The molecule has 2 aliphatic rings. The second-order valence-corrected chi connectivity index (χ2v) is 7.27. The van der Waals surface area contributed by atoms with Crippen molar-refractivity contribution in [3.8, 4) is 0 Å². The largest absolute Gasteiger partial charge is 0.363 e. The van der Waals surface area contributed by atoms with E-state index in [1.54, 1.807) is 0 Å². The minimum absolute atomic E-state index is 0.0562. The standard InChI is InChI=1S/C17H32N2O2/c1-5-19-13-17(21-12-16(19)20)9-6-15(7-10-17)18(4)11-8-14(2)3/h14-15H,5-13H2,1-4H3/t15-,17+. The smallest absolute Gasteiger partial charge is 0.248 e. The molecule has 0 bridgehead atoms. The van der Waals surface area contributed by atoms with E-state index in [0.717, 1.165) is 31.8 Å². The Morgan fingerprint density at radius 1 is 1.38 bits per heavy atom. The summed E-state index contributed by atoms with van der Waals surface area (Å²) in [6.07, 6.45) is 5.84. The van der Waals surface area contributed by atoms with Gasteiger partial charge in [0, 0.05) is 19.1 Å². The molecule has 0 aromatic carbocycles. The predicted octanol–water partition coefficient (Wildman–Crippen LogP) is 2.52. The quantitative estimate of drug-likeness (QED) is 0.781. The van der Waals surface area contributed by atoms with Gasteiger partial charge in [0.05, 0.1) is 5.60 Å². The van der Waals surface area contributed by atoms with Crippen LogP contribution in [-0.4, -0.2) is 60.6 Å². The van der Waals surface area contributed by atoms with E-state index < -0.39 is 0 Å². The molecule has 2 fully saturated rings. The zero-order valence-electron chi connectivity index (χ0n) is 14.2. The fourth-order valence-electron chi connectivity index (χ4n) is 3.59. The first-order valence-corrected chi connectivity index (χ1v) is 8.58. The van der Waals surface area contributed by atoms with Crippen LogP contribution in [0.2, 0.25) is 0 Å². The Morgan fingerprint density at radius 3 is 2.62 bits per heavy atom. The van der Waals surface area contributed by atoms with Crippen molar-refractivity contribution in [2.75, 3.05) is 33.3 Å². The number of likely N-dealkylation sites (N-methyl/N-ethyl adjacent to an activating group) is 1. The van der Waals surface area contributed by atoms with Gasteiger partial charge in [-0.25, -0.2) is 0 Å². The molecule has 1 saturated carbocycles. The van der Waals surface area contributed by atoms with Gasteiger partial charge in [0.15, 0.2) is 0 Å². The topological polar surface area (TPSA) is 32.8 Å². The van der Waals surface area contributed by atoms with Crippen LogP contribution in [0.1, 0.15) is 52.9 Å². The molecule has 122 valence electrons. The van der Waals surface area contributed by atoms with Gasteiger partial charge in [0.2, 0.25) is 5.91 Å². The van der Waals surface area contributed by atoms with Crippen LogP contribution in [-0.2, 0) is 9.53 Å². The fourth-order valence-corrected chi connectivity index (χ4v) is 3.59. The number of amides is 1. The maximum absolute atomic E-state index is 11.8. The number of carbonyl (C=O) groups excluding carboxylic acids is 1. The first-order valence-electron chi connectivity index (χ1n) is 8.58. The van der Waals surface area contributed by atoms with Gasteiger partial charge in [-0.15, -0.1) is 0 Å². The van der Waals surface area contributed by atoms with Gasteiger partial charge in [-0.1, -0.05) is 13.8 Å². The second kappa shape index (κ2) is 7.10. The van der Waals surface area contributed by atoms with Crippen molar-refractivity contribution in [2.24, 2.45) is 5.92 Å². The van der Waals surface area contributed by atoms with Crippen LogP contribution >= 0.6 is 0 Å². The van der Waals surface area contributed by atoms with E-state index in [4.69, 9.17) is 4.74 Å². The van der Waals surface area contributed by atoms with E-state index in [0.29, 0.717) is 6.04 Å². The Labute approximate surface area is 129 Å². The van der Waals surface area contributed by atoms with Crippen LogP contribution in [0.3, 0.4) is 0 Å².